The van der Waals surface area contributed by atoms with E-state index in [0.29, 0.717) is 5.89 Å². The van der Waals surface area contributed by atoms with Crippen molar-refractivity contribution in [2.45, 2.75) is 39.2 Å². The minimum absolute atomic E-state index is 0.148. The summed E-state index contributed by atoms with van der Waals surface area (Å²) in [4.78, 5) is 17.1. The zero-order valence-electron chi connectivity index (χ0n) is 15.5. The van der Waals surface area contributed by atoms with Crippen molar-refractivity contribution in [3.63, 3.8) is 0 Å². The molecule has 1 unspecified atom stereocenters. The molecule has 2 fully saturated rings. The molecule has 0 radical (unpaired) electrons. The van der Waals surface area contributed by atoms with Gasteiger partial charge in [-0.25, -0.2) is 0 Å². The van der Waals surface area contributed by atoms with Gasteiger partial charge in [-0.3, -0.25) is 9.69 Å². The molecule has 1 amide bonds. The molecule has 0 N–H and O–H groups in total. The molecule has 2 saturated heterocycles. The van der Waals surface area contributed by atoms with Crippen molar-refractivity contribution >= 4 is 5.91 Å². The Labute approximate surface area is 154 Å². The minimum atomic E-state index is 0.148. The molecule has 26 heavy (non-hydrogen) atoms. The van der Waals surface area contributed by atoms with Gasteiger partial charge < -0.3 is 9.32 Å². The van der Waals surface area contributed by atoms with E-state index in [4.69, 9.17) is 4.42 Å². The molecule has 1 spiro atoms. The number of aryl methyl sites for hydroxylation is 1. The minimum Gasteiger partial charge on any atom is -0.424 e. The summed E-state index contributed by atoms with van der Waals surface area (Å²) in [6, 6.07) is 9.79. The number of amides is 1. The SMILES string of the molecule is CCN1CC2(CCN(C(=O)c3ccccc3)CC2)CC1c1nnc(C)o1. The van der Waals surface area contributed by atoms with Gasteiger partial charge in [-0.05, 0) is 43.4 Å². The summed E-state index contributed by atoms with van der Waals surface area (Å²) < 4.78 is 5.72. The van der Waals surface area contributed by atoms with Crippen molar-refractivity contribution in [3.8, 4) is 0 Å². The molecule has 2 aliphatic rings. The van der Waals surface area contributed by atoms with Gasteiger partial charge in [0.25, 0.3) is 5.91 Å². The number of hydrogen-bond acceptors (Lipinski definition) is 5. The van der Waals surface area contributed by atoms with E-state index >= 15 is 0 Å². The standard InChI is InChI=1S/C20H26N4O2/c1-3-23-14-20(13-17(23)18-22-21-15(2)26-18)9-11-24(12-10-20)19(25)16-7-5-4-6-8-16/h4-8,17H,3,9-14H2,1-2H3. The number of aromatic nitrogens is 2. The number of nitrogens with zero attached hydrogens (tertiary/aromatic N) is 4. The maximum atomic E-state index is 12.7. The summed E-state index contributed by atoms with van der Waals surface area (Å²) in [5.41, 5.74) is 1.03. The summed E-state index contributed by atoms with van der Waals surface area (Å²) in [6.45, 7) is 7.68. The maximum absolute atomic E-state index is 12.7. The predicted molar refractivity (Wildman–Crippen MR) is 97.7 cm³/mol. The van der Waals surface area contributed by atoms with Gasteiger partial charge in [0.1, 0.15) is 0 Å². The zero-order valence-corrected chi connectivity index (χ0v) is 15.5. The Balaban J connectivity index is 1.44. The molecule has 6 nitrogen and oxygen atoms in total. The zero-order chi connectivity index (χ0) is 18.1. The number of carbonyl (C=O) groups is 1. The van der Waals surface area contributed by atoms with E-state index in [1.807, 2.05) is 42.2 Å². The lowest BCUT2D eigenvalue weighted by molar-refractivity contribution is 0.0590. The Morgan fingerprint density at radius 1 is 1.23 bits per heavy atom. The quantitative estimate of drug-likeness (QED) is 0.848. The van der Waals surface area contributed by atoms with Gasteiger partial charge in [-0.2, -0.15) is 0 Å². The van der Waals surface area contributed by atoms with Crippen molar-refractivity contribution < 1.29 is 9.21 Å². The van der Waals surface area contributed by atoms with Crippen molar-refractivity contribution in [3.05, 3.63) is 47.7 Å². The van der Waals surface area contributed by atoms with Crippen LogP contribution >= 0.6 is 0 Å². The van der Waals surface area contributed by atoms with Gasteiger partial charge in [0.15, 0.2) is 0 Å². The average molecular weight is 354 g/mol. The van der Waals surface area contributed by atoms with Crippen molar-refractivity contribution in [1.82, 2.24) is 20.0 Å². The second-order valence-electron chi connectivity index (χ2n) is 7.60. The molecule has 0 saturated carbocycles. The van der Waals surface area contributed by atoms with E-state index < -0.39 is 0 Å². The highest BCUT2D eigenvalue weighted by molar-refractivity contribution is 5.94. The van der Waals surface area contributed by atoms with E-state index in [0.717, 1.165) is 56.9 Å². The van der Waals surface area contributed by atoms with E-state index in [1.54, 1.807) is 0 Å². The number of rotatable bonds is 3. The normalized spacial score (nSPS) is 22.8. The first-order valence-corrected chi connectivity index (χ1v) is 9.49. The molecule has 1 aromatic heterocycles. The van der Waals surface area contributed by atoms with E-state index in [9.17, 15) is 4.79 Å². The lowest BCUT2D eigenvalue weighted by Crippen LogP contribution is -2.44. The van der Waals surface area contributed by atoms with Crippen LogP contribution in [0.15, 0.2) is 34.7 Å². The van der Waals surface area contributed by atoms with Gasteiger partial charge in [-0.1, -0.05) is 25.1 Å². The summed E-state index contributed by atoms with van der Waals surface area (Å²) in [5.74, 6) is 1.51. The fraction of sp³-hybridized carbons (Fsp3) is 0.550. The summed E-state index contributed by atoms with van der Waals surface area (Å²) >= 11 is 0. The smallest absolute Gasteiger partial charge is 0.253 e. The number of likely N-dealkylation sites (tertiary alicyclic amines) is 2. The van der Waals surface area contributed by atoms with Crippen LogP contribution in [-0.4, -0.2) is 52.1 Å². The lowest BCUT2D eigenvalue weighted by atomic mass is 9.76. The Hall–Kier alpha value is -2.21. The fourth-order valence-corrected chi connectivity index (χ4v) is 4.48. The first-order valence-electron chi connectivity index (χ1n) is 9.49. The van der Waals surface area contributed by atoms with Crippen LogP contribution < -0.4 is 0 Å². The molecule has 0 bridgehead atoms. The summed E-state index contributed by atoms with van der Waals surface area (Å²) in [5, 5.41) is 8.27. The highest BCUT2D eigenvalue weighted by Gasteiger charge is 2.47. The lowest BCUT2D eigenvalue weighted by Gasteiger charge is -2.39. The first-order chi connectivity index (χ1) is 12.6. The van der Waals surface area contributed by atoms with Gasteiger partial charge in [0.05, 0.1) is 6.04 Å². The van der Waals surface area contributed by atoms with Gasteiger partial charge >= 0.3 is 0 Å². The fourth-order valence-electron chi connectivity index (χ4n) is 4.48. The molecule has 1 aromatic carbocycles. The molecule has 138 valence electrons. The van der Waals surface area contributed by atoms with Gasteiger partial charge in [-0.15, -0.1) is 10.2 Å². The Morgan fingerprint density at radius 3 is 2.58 bits per heavy atom. The van der Waals surface area contributed by atoms with Crippen LogP contribution in [0.5, 0.6) is 0 Å². The molecule has 2 aromatic rings. The summed E-state index contributed by atoms with van der Waals surface area (Å²) in [7, 11) is 0. The Bertz CT molecular complexity index is 765. The van der Waals surface area contributed by atoms with Crippen molar-refractivity contribution in [1.29, 1.82) is 0 Å². The molecular weight excluding hydrogens is 328 g/mol. The van der Waals surface area contributed by atoms with Gasteiger partial charge in [0.2, 0.25) is 11.8 Å². The number of piperidine rings is 1. The van der Waals surface area contributed by atoms with Crippen LogP contribution in [0.25, 0.3) is 0 Å². The molecule has 0 aliphatic carbocycles. The third-order valence-electron chi connectivity index (χ3n) is 5.97. The highest BCUT2D eigenvalue weighted by Crippen LogP contribution is 2.48. The van der Waals surface area contributed by atoms with E-state index in [2.05, 4.69) is 22.0 Å². The second kappa shape index (κ2) is 6.83. The third-order valence-corrected chi connectivity index (χ3v) is 5.97. The summed E-state index contributed by atoms with van der Waals surface area (Å²) in [6.07, 6.45) is 3.10. The molecule has 6 heteroatoms. The highest BCUT2D eigenvalue weighted by atomic mass is 16.4. The molecule has 4 rings (SSSR count). The molecule has 3 heterocycles. The molecule has 2 aliphatic heterocycles. The number of benzene rings is 1. The Morgan fingerprint density at radius 2 is 1.96 bits per heavy atom. The van der Waals surface area contributed by atoms with Crippen LogP contribution in [0.2, 0.25) is 0 Å². The van der Waals surface area contributed by atoms with Crippen LogP contribution in [0.1, 0.15) is 54.4 Å². The number of hydrogen-bond donors (Lipinski definition) is 0. The number of carbonyl (C=O) groups excluding carboxylic acids is 1. The van der Waals surface area contributed by atoms with Crippen LogP contribution in [0.3, 0.4) is 0 Å². The van der Waals surface area contributed by atoms with Crippen LogP contribution in [-0.2, 0) is 0 Å². The van der Waals surface area contributed by atoms with E-state index in [-0.39, 0.29) is 17.4 Å². The van der Waals surface area contributed by atoms with Crippen LogP contribution in [0, 0.1) is 12.3 Å². The van der Waals surface area contributed by atoms with Crippen LogP contribution in [0.4, 0.5) is 0 Å². The monoisotopic (exact) mass is 354 g/mol. The van der Waals surface area contributed by atoms with Gasteiger partial charge in [0, 0.05) is 32.1 Å². The van der Waals surface area contributed by atoms with Crippen molar-refractivity contribution in [2.24, 2.45) is 5.41 Å². The maximum Gasteiger partial charge on any atom is 0.253 e. The largest absolute Gasteiger partial charge is 0.424 e. The molecule has 1 atom stereocenters. The third kappa shape index (κ3) is 3.14. The second-order valence-corrected chi connectivity index (χ2v) is 7.60. The molecular formula is C20H26N4O2. The Kier molecular flexibility index (Phi) is 4.53. The predicted octanol–water partition coefficient (Wildman–Crippen LogP) is 3.07. The van der Waals surface area contributed by atoms with Crippen molar-refractivity contribution in [2.75, 3.05) is 26.2 Å². The topological polar surface area (TPSA) is 62.5 Å². The average Bonchev–Trinajstić information content (AvgIpc) is 3.26. The van der Waals surface area contributed by atoms with E-state index in [1.165, 1.54) is 0 Å². The first kappa shape index (κ1) is 17.2.